The van der Waals surface area contributed by atoms with Crippen molar-refractivity contribution < 1.29 is 9.18 Å². The van der Waals surface area contributed by atoms with Crippen LogP contribution in [0.15, 0.2) is 65.6 Å². The molecular formula is C22H19FN4O2. The number of H-pyrrole nitrogens is 1. The minimum Gasteiger partial charge on any atom is -0.345 e. The number of hydrogen-bond donors (Lipinski definition) is 1. The molecule has 0 spiro atoms. The summed E-state index contributed by atoms with van der Waals surface area (Å²) in [5.41, 5.74) is 1.94. The first-order valence-corrected chi connectivity index (χ1v) is 9.25. The standard InChI is InChI=1S/C22H19FN4O2/c1-3-26(16-7-5-4-6-8-16)22(29)18-13-24-21-19(20(18)28)14(2)25-27(21)17-11-9-15(23)10-12-17/h4-13H,3H2,1-2H3,(H,24,28). The van der Waals surface area contributed by atoms with Crippen LogP contribution in [-0.2, 0) is 0 Å². The number of para-hydroxylation sites is 1. The van der Waals surface area contributed by atoms with Crippen LogP contribution in [0.25, 0.3) is 16.7 Å². The summed E-state index contributed by atoms with van der Waals surface area (Å²) in [5, 5.41) is 4.75. The SMILES string of the molecule is CCN(C(=O)c1c[nH]c2c(c(C)nn2-c2ccc(F)cc2)c1=O)c1ccccc1. The summed E-state index contributed by atoms with van der Waals surface area (Å²) in [5.74, 6) is -0.736. The Hall–Kier alpha value is -3.74. The van der Waals surface area contributed by atoms with Crippen LogP contribution in [0.1, 0.15) is 23.0 Å². The minimum atomic E-state index is -0.385. The number of aromatic amines is 1. The molecule has 4 rings (SSSR count). The number of benzene rings is 2. The number of carbonyl (C=O) groups excluding carboxylic acids is 1. The summed E-state index contributed by atoms with van der Waals surface area (Å²) in [6.45, 7) is 3.99. The van der Waals surface area contributed by atoms with Crippen LogP contribution in [0.5, 0.6) is 0 Å². The number of nitrogens with one attached hydrogen (secondary N) is 1. The lowest BCUT2D eigenvalue weighted by Gasteiger charge is -2.20. The molecule has 0 radical (unpaired) electrons. The molecule has 2 aromatic carbocycles. The number of rotatable bonds is 4. The average Bonchev–Trinajstić information content (AvgIpc) is 3.07. The van der Waals surface area contributed by atoms with Gasteiger partial charge in [-0.05, 0) is 50.2 Å². The van der Waals surface area contributed by atoms with E-state index in [0.717, 1.165) is 5.69 Å². The molecule has 0 saturated carbocycles. The molecule has 2 aromatic heterocycles. The van der Waals surface area contributed by atoms with E-state index in [1.807, 2.05) is 37.3 Å². The maximum absolute atomic E-state index is 13.2. The molecule has 29 heavy (non-hydrogen) atoms. The van der Waals surface area contributed by atoms with Gasteiger partial charge in [0.2, 0.25) is 5.43 Å². The van der Waals surface area contributed by atoms with E-state index in [9.17, 15) is 14.0 Å². The highest BCUT2D eigenvalue weighted by Gasteiger charge is 2.23. The largest absolute Gasteiger partial charge is 0.345 e. The zero-order valence-corrected chi connectivity index (χ0v) is 16.0. The van der Waals surface area contributed by atoms with Crippen LogP contribution >= 0.6 is 0 Å². The molecule has 146 valence electrons. The molecule has 4 aromatic rings. The Balaban J connectivity index is 1.83. The van der Waals surface area contributed by atoms with E-state index in [1.165, 1.54) is 23.0 Å². The normalized spacial score (nSPS) is 11.0. The number of nitrogens with zero attached hydrogens (tertiary/aromatic N) is 3. The Morgan fingerprint density at radius 1 is 1.14 bits per heavy atom. The lowest BCUT2D eigenvalue weighted by atomic mass is 10.1. The van der Waals surface area contributed by atoms with E-state index in [0.29, 0.717) is 29.0 Å². The maximum atomic E-state index is 13.2. The third kappa shape index (κ3) is 3.20. The molecule has 0 saturated heterocycles. The predicted molar refractivity (Wildman–Crippen MR) is 110 cm³/mol. The van der Waals surface area contributed by atoms with E-state index in [1.54, 1.807) is 24.0 Å². The van der Waals surface area contributed by atoms with Gasteiger partial charge in [-0.2, -0.15) is 5.10 Å². The lowest BCUT2D eigenvalue weighted by Crippen LogP contribution is -2.34. The summed E-state index contributed by atoms with van der Waals surface area (Å²) < 4.78 is 14.8. The Bertz CT molecular complexity index is 1240. The molecule has 1 amide bonds. The Kier molecular flexibility index (Phi) is 4.72. The van der Waals surface area contributed by atoms with Gasteiger partial charge in [0.05, 0.1) is 16.8 Å². The molecule has 0 aliphatic heterocycles. The first-order chi connectivity index (χ1) is 14.0. The molecule has 0 atom stereocenters. The van der Waals surface area contributed by atoms with Gasteiger partial charge in [0, 0.05) is 18.4 Å². The fourth-order valence-corrected chi connectivity index (χ4v) is 3.40. The van der Waals surface area contributed by atoms with E-state index in [2.05, 4.69) is 10.1 Å². The van der Waals surface area contributed by atoms with Gasteiger partial charge in [-0.3, -0.25) is 9.59 Å². The van der Waals surface area contributed by atoms with Crippen LogP contribution in [0.4, 0.5) is 10.1 Å². The Labute approximate surface area is 166 Å². The zero-order valence-electron chi connectivity index (χ0n) is 16.0. The minimum absolute atomic E-state index is 0.0463. The second-order valence-corrected chi connectivity index (χ2v) is 6.61. The highest BCUT2D eigenvalue weighted by atomic mass is 19.1. The highest BCUT2D eigenvalue weighted by molar-refractivity contribution is 6.07. The second kappa shape index (κ2) is 7.35. The van der Waals surface area contributed by atoms with Crippen LogP contribution in [-0.4, -0.2) is 27.2 Å². The number of aromatic nitrogens is 3. The van der Waals surface area contributed by atoms with Crippen LogP contribution in [0, 0.1) is 12.7 Å². The molecule has 7 heteroatoms. The zero-order chi connectivity index (χ0) is 20.5. The summed E-state index contributed by atoms with van der Waals surface area (Å²) >= 11 is 0. The topological polar surface area (TPSA) is 71.0 Å². The van der Waals surface area contributed by atoms with E-state index < -0.39 is 0 Å². The van der Waals surface area contributed by atoms with Crippen molar-refractivity contribution in [2.24, 2.45) is 0 Å². The van der Waals surface area contributed by atoms with E-state index in [-0.39, 0.29) is 22.7 Å². The van der Waals surface area contributed by atoms with Gasteiger partial charge in [-0.1, -0.05) is 18.2 Å². The van der Waals surface area contributed by atoms with E-state index >= 15 is 0 Å². The van der Waals surface area contributed by atoms with Gasteiger partial charge < -0.3 is 9.88 Å². The Morgan fingerprint density at radius 3 is 2.48 bits per heavy atom. The van der Waals surface area contributed by atoms with Crippen molar-refractivity contribution in [2.45, 2.75) is 13.8 Å². The van der Waals surface area contributed by atoms with E-state index in [4.69, 9.17) is 0 Å². The quantitative estimate of drug-likeness (QED) is 0.576. The van der Waals surface area contributed by atoms with Crippen LogP contribution in [0.3, 0.4) is 0 Å². The van der Waals surface area contributed by atoms with Gasteiger partial charge in [-0.25, -0.2) is 9.07 Å². The Morgan fingerprint density at radius 2 is 1.83 bits per heavy atom. The van der Waals surface area contributed by atoms with Crippen molar-refractivity contribution in [1.29, 1.82) is 0 Å². The van der Waals surface area contributed by atoms with Gasteiger partial charge in [0.15, 0.2) is 0 Å². The third-order valence-corrected chi connectivity index (χ3v) is 4.82. The lowest BCUT2D eigenvalue weighted by molar-refractivity contribution is 0.0987. The molecule has 0 aliphatic rings. The molecule has 0 fully saturated rings. The molecule has 0 bridgehead atoms. The molecule has 0 unspecified atom stereocenters. The fourth-order valence-electron chi connectivity index (χ4n) is 3.40. The van der Waals surface area contributed by atoms with Crippen LogP contribution < -0.4 is 10.3 Å². The van der Waals surface area contributed by atoms with Gasteiger partial charge in [0.25, 0.3) is 5.91 Å². The number of pyridine rings is 1. The number of hydrogen-bond acceptors (Lipinski definition) is 3. The number of aryl methyl sites for hydroxylation is 1. The molecule has 1 N–H and O–H groups in total. The van der Waals surface area contributed by atoms with Crippen molar-refractivity contribution in [3.05, 3.63) is 88.1 Å². The fraction of sp³-hybridized carbons (Fsp3) is 0.136. The smallest absolute Gasteiger partial charge is 0.263 e. The maximum Gasteiger partial charge on any atom is 0.263 e. The predicted octanol–water partition coefficient (Wildman–Crippen LogP) is 3.83. The van der Waals surface area contributed by atoms with Crippen molar-refractivity contribution in [3.8, 4) is 5.69 Å². The molecule has 6 nitrogen and oxygen atoms in total. The summed E-state index contributed by atoms with van der Waals surface area (Å²) in [4.78, 5) is 30.8. The van der Waals surface area contributed by atoms with Crippen LogP contribution in [0.2, 0.25) is 0 Å². The van der Waals surface area contributed by atoms with Crippen molar-refractivity contribution in [2.75, 3.05) is 11.4 Å². The molecule has 2 heterocycles. The van der Waals surface area contributed by atoms with Crippen molar-refractivity contribution in [3.63, 3.8) is 0 Å². The number of carbonyl (C=O) groups is 1. The first-order valence-electron chi connectivity index (χ1n) is 9.25. The molecule has 0 aliphatic carbocycles. The number of anilines is 1. The monoisotopic (exact) mass is 390 g/mol. The van der Waals surface area contributed by atoms with Gasteiger partial charge in [-0.15, -0.1) is 0 Å². The van der Waals surface area contributed by atoms with Gasteiger partial charge >= 0.3 is 0 Å². The number of fused-ring (bicyclic) bond motifs is 1. The molecular weight excluding hydrogens is 371 g/mol. The van der Waals surface area contributed by atoms with Crippen molar-refractivity contribution >= 4 is 22.6 Å². The number of amides is 1. The third-order valence-electron chi connectivity index (χ3n) is 4.82. The summed E-state index contributed by atoms with van der Waals surface area (Å²) in [6.07, 6.45) is 1.42. The highest BCUT2D eigenvalue weighted by Crippen LogP contribution is 2.20. The van der Waals surface area contributed by atoms with Gasteiger partial charge in [0.1, 0.15) is 17.0 Å². The average molecular weight is 390 g/mol. The summed E-state index contributed by atoms with van der Waals surface area (Å²) in [6, 6.07) is 15.0. The van der Waals surface area contributed by atoms with Crippen molar-refractivity contribution in [1.82, 2.24) is 14.8 Å². The summed E-state index contributed by atoms with van der Waals surface area (Å²) in [7, 11) is 0. The number of halogens is 1. The second-order valence-electron chi connectivity index (χ2n) is 6.61. The first kappa shape index (κ1) is 18.6.